The van der Waals surface area contributed by atoms with Crippen LogP contribution in [0.5, 0.6) is 6.01 Å². The molecule has 7 heterocycles. The summed E-state index contributed by atoms with van der Waals surface area (Å²) in [7, 11) is 0. The average Bonchev–Trinajstić information content (AvgIpc) is 4.34. The number of nitriles is 1. The Kier molecular flexibility index (Phi) is 17.4. The largest absolute Gasteiger partial charge is 0.462 e. The van der Waals surface area contributed by atoms with Crippen LogP contribution in [0.2, 0.25) is 5.02 Å². The molecule has 3 aromatic heterocycles. The Hall–Kier alpha value is -6.33. The molecule has 0 bridgehead atoms. The zero-order chi connectivity index (χ0) is 56.4. The number of ether oxygens (including phenoxy) is 1. The van der Waals surface area contributed by atoms with Crippen LogP contribution in [0.1, 0.15) is 108 Å². The average molecular weight is 1130 g/mol. The van der Waals surface area contributed by atoms with E-state index in [4.69, 9.17) is 25.8 Å². The number of Topliss-reactive ketones (excluding diaryl/α,β-unsaturated/α-hetero) is 1. The van der Waals surface area contributed by atoms with Gasteiger partial charge in [0.2, 0.25) is 5.91 Å². The van der Waals surface area contributed by atoms with E-state index in [0.29, 0.717) is 61.0 Å². The maximum absolute atomic E-state index is 17.2. The molecule has 1 spiro atoms. The molecule has 1 aliphatic carbocycles. The molecule has 6 atom stereocenters. The Morgan fingerprint density at radius 1 is 1.02 bits per heavy atom. The summed E-state index contributed by atoms with van der Waals surface area (Å²) in [6.07, 6.45) is 3.05. The number of fused-ring (bicyclic) bond motifs is 2. The highest BCUT2D eigenvalue weighted by Crippen LogP contribution is 2.44. The van der Waals surface area contributed by atoms with E-state index in [2.05, 4.69) is 60.6 Å². The van der Waals surface area contributed by atoms with Crippen molar-refractivity contribution < 1.29 is 33.5 Å². The molecule has 4 fully saturated rings. The van der Waals surface area contributed by atoms with Gasteiger partial charge in [-0.3, -0.25) is 14.5 Å². The fourth-order valence-electron chi connectivity index (χ4n) is 12.5. The van der Waals surface area contributed by atoms with Crippen LogP contribution in [0.4, 0.5) is 16.0 Å². The number of rotatable bonds is 16. The summed E-state index contributed by atoms with van der Waals surface area (Å²) in [4.78, 5) is 51.7. The lowest BCUT2D eigenvalue weighted by Crippen LogP contribution is -2.60. The number of anilines is 2. The third-order valence-electron chi connectivity index (χ3n) is 16.7. The van der Waals surface area contributed by atoms with Gasteiger partial charge in [-0.25, -0.2) is 9.37 Å². The van der Waals surface area contributed by atoms with Crippen LogP contribution in [0.15, 0.2) is 70.7 Å². The summed E-state index contributed by atoms with van der Waals surface area (Å²) in [6, 6.07) is 20.9. The van der Waals surface area contributed by atoms with E-state index in [0.717, 1.165) is 71.2 Å². The topological polar surface area (TPSA) is 197 Å². The number of aromatic nitrogens is 4. The first-order valence-electron chi connectivity index (χ1n) is 28.3. The monoisotopic (exact) mass is 1130 g/mol. The van der Waals surface area contributed by atoms with Crippen molar-refractivity contribution in [3.63, 3.8) is 0 Å². The summed E-state index contributed by atoms with van der Waals surface area (Å²) in [6.45, 7) is 17.9. The summed E-state index contributed by atoms with van der Waals surface area (Å²) in [5.41, 5.74) is 5.94. The van der Waals surface area contributed by atoms with E-state index in [1.165, 1.54) is 0 Å². The minimum atomic E-state index is -0.808. The van der Waals surface area contributed by atoms with E-state index < -0.39 is 30.0 Å². The number of ketones is 1. The molecule has 0 saturated carbocycles. The Labute approximate surface area is 475 Å². The molecular weight excluding hydrogens is 1060 g/mol. The van der Waals surface area contributed by atoms with Crippen molar-refractivity contribution in [3.8, 4) is 22.5 Å². The molecule has 1 amide bonds. The van der Waals surface area contributed by atoms with Gasteiger partial charge in [0.05, 0.1) is 51.8 Å². The first kappa shape index (κ1) is 56.9. The molecule has 11 rings (SSSR count). The van der Waals surface area contributed by atoms with Crippen molar-refractivity contribution in [3.05, 3.63) is 110 Å². The maximum atomic E-state index is 17.2. The molecule has 19 heteroatoms. The Morgan fingerprint density at radius 2 is 1.79 bits per heavy atom. The molecule has 4 saturated heterocycles. The van der Waals surface area contributed by atoms with E-state index in [9.17, 15) is 25.1 Å². The van der Waals surface area contributed by atoms with Gasteiger partial charge in [-0.1, -0.05) is 99.9 Å². The Morgan fingerprint density at radius 3 is 2.51 bits per heavy atom. The van der Waals surface area contributed by atoms with E-state index in [-0.39, 0.29) is 89.5 Å². The number of β-amino-alcohol motifs (C(OH)–C–C–N with tert-alkyl or cyclic N) is 1. The predicted octanol–water partition coefficient (Wildman–Crippen LogP) is 7.75. The maximum Gasteiger partial charge on any atom is 0.319 e. The minimum absolute atomic E-state index is 0.0520. The quantitative estimate of drug-likeness (QED) is 0.0850. The molecule has 5 aliphatic rings. The number of piperazine rings is 1. The van der Waals surface area contributed by atoms with Crippen molar-refractivity contribution in [1.82, 2.24) is 35.2 Å². The van der Waals surface area contributed by atoms with Crippen LogP contribution >= 0.6 is 22.9 Å². The molecular formula is C61H72ClFN10O6S. The molecule has 80 heavy (non-hydrogen) atoms. The smallest absolute Gasteiger partial charge is 0.319 e. The third kappa shape index (κ3) is 11.7. The number of thiazole rings is 1. The van der Waals surface area contributed by atoms with Gasteiger partial charge in [0, 0.05) is 93.5 Å². The number of aryl methyl sites for hydroxylation is 1. The molecule has 422 valence electrons. The number of halogens is 2. The first-order valence-corrected chi connectivity index (χ1v) is 29.5. The number of aliphatic hydroxyl groups excluding tert-OH is 2. The highest BCUT2D eigenvalue weighted by molar-refractivity contribution is 7.13. The van der Waals surface area contributed by atoms with Crippen LogP contribution in [-0.4, -0.2) is 142 Å². The summed E-state index contributed by atoms with van der Waals surface area (Å²) in [5.74, 6) is -0.180. The predicted molar refractivity (Wildman–Crippen MR) is 310 cm³/mol. The van der Waals surface area contributed by atoms with Crippen molar-refractivity contribution >= 4 is 68.8 Å². The van der Waals surface area contributed by atoms with Crippen molar-refractivity contribution in [1.29, 1.82) is 5.26 Å². The number of benzene rings is 3. The SMILES string of the molecule is CC.Cc1ncsc1-c1ccc([C@H](C)CC(=O)[C@@H]2C[C@@H](O)CN2C(=O)[C@@H](c2cc(N3CC4(CCN(CCOc5nc(N6CCN[C@@H](CC#N)C6)c6cc(Cl)c(C7=c8ccccc8=C[C@@H](O)C7)c(F)c6n5)CC4)C3)no2)C(C)C)cc1. The highest BCUT2D eigenvalue weighted by atomic mass is 35.5. The molecule has 3 aromatic carbocycles. The zero-order valence-electron chi connectivity index (χ0n) is 46.5. The number of piperidine rings is 1. The van der Waals surface area contributed by atoms with Crippen molar-refractivity contribution in [2.45, 2.75) is 116 Å². The Balaban J connectivity index is 0.00000356. The normalized spacial score (nSPS) is 21.6. The Bertz CT molecular complexity index is 3390. The molecule has 0 radical (unpaired) electrons. The number of amides is 1. The molecule has 0 unspecified atom stereocenters. The van der Waals surface area contributed by atoms with Crippen molar-refractivity contribution in [2.75, 3.05) is 75.3 Å². The second-order valence-electron chi connectivity index (χ2n) is 22.4. The number of nitrogens with zero attached hydrogens (tertiary/aromatic N) is 9. The molecule has 3 N–H and O–H groups in total. The first-order chi connectivity index (χ1) is 38.6. The summed E-state index contributed by atoms with van der Waals surface area (Å²) < 4.78 is 29.4. The van der Waals surface area contributed by atoms with E-state index >= 15 is 4.39 Å². The van der Waals surface area contributed by atoms with Gasteiger partial charge < -0.3 is 39.5 Å². The van der Waals surface area contributed by atoms with Gasteiger partial charge in [0.25, 0.3) is 0 Å². The fourth-order valence-corrected chi connectivity index (χ4v) is 13.6. The third-order valence-corrected chi connectivity index (χ3v) is 18.0. The standard InChI is InChI=1S/C59H66ClFN10O6S.C2H6/c1-34(2)51(57(75)71-30-42(73)26-47(71)48(74)23-35(3)37-9-11-38(12-10-37)55-36(4)64-33-78-55)49-28-50(67-77-49)70-31-59(32-70)14-18-68(19-15-59)21-22-76-58-65-54-45(56(66-58)69-20-17-63-40(29-69)13-16-62)27-46(60)52(53(54)61)44-25-41(72)24-39-7-5-6-8-43(39)44;1-2/h5-12,24,27-28,33-35,40-42,47,51,63,72-73H,13-15,17-23,25-26,29-32H2,1-4H3;1-2H3/t35-,40+,41-,42-,47+,51-;/m1./s1. The lowest BCUT2D eigenvalue weighted by atomic mass is 9.72. The number of nitrogens with one attached hydrogen (secondary N) is 1. The second-order valence-corrected chi connectivity index (χ2v) is 23.7. The van der Waals surface area contributed by atoms with Gasteiger partial charge in [0.15, 0.2) is 23.2 Å². The molecule has 4 aliphatic heterocycles. The van der Waals surface area contributed by atoms with Crippen LogP contribution < -0.4 is 30.3 Å². The van der Waals surface area contributed by atoms with Crippen LogP contribution in [0.3, 0.4) is 0 Å². The van der Waals surface area contributed by atoms with Crippen LogP contribution in [-0.2, 0) is 9.59 Å². The number of hydrogen-bond donors (Lipinski definition) is 3. The van der Waals surface area contributed by atoms with E-state index in [1.807, 2.05) is 82.3 Å². The lowest BCUT2D eigenvalue weighted by Gasteiger charge is -2.54. The van der Waals surface area contributed by atoms with Gasteiger partial charge in [-0.15, -0.1) is 11.3 Å². The number of carbonyl (C=O) groups excluding carboxylic acids is 2. The fraction of sp³-hybridized carbons (Fsp3) is 0.492. The second kappa shape index (κ2) is 24.4. The van der Waals surface area contributed by atoms with Gasteiger partial charge >= 0.3 is 6.01 Å². The lowest BCUT2D eigenvalue weighted by molar-refractivity contribution is -0.140. The van der Waals surface area contributed by atoms with Crippen molar-refractivity contribution in [2.24, 2.45) is 11.3 Å². The highest BCUT2D eigenvalue weighted by Gasteiger charge is 2.47. The summed E-state index contributed by atoms with van der Waals surface area (Å²) >= 11 is 8.58. The number of aliphatic hydroxyl groups is 2. The van der Waals surface area contributed by atoms with E-state index in [1.54, 1.807) is 28.4 Å². The van der Waals surface area contributed by atoms with Crippen LogP contribution in [0.25, 0.3) is 33.0 Å². The molecule has 16 nitrogen and oxygen atoms in total. The van der Waals surface area contributed by atoms with Crippen LogP contribution in [0, 0.1) is 35.4 Å². The van der Waals surface area contributed by atoms with Gasteiger partial charge in [-0.05, 0) is 84.0 Å². The number of carbonyl (C=O) groups is 2. The summed E-state index contributed by atoms with van der Waals surface area (Å²) in [5, 5.41) is 41.3. The molecule has 6 aromatic rings. The number of likely N-dealkylation sites (tertiary alicyclic amines) is 2. The van der Waals surface area contributed by atoms with Gasteiger partial charge in [-0.2, -0.15) is 15.2 Å². The zero-order valence-corrected chi connectivity index (χ0v) is 48.1. The number of hydrogen-bond acceptors (Lipinski definition) is 16. The van der Waals surface area contributed by atoms with Gasteiger partial charge in [0.1, 0.15) is 23.9 Å². The minimum Gasteiger partial charge on any atom is -0.462 e.